The molecule has 0 aliphatic carbocycles. The zero-order valence-electron chi connectivity index (χ0n) is 14.0. The Kier molecular flexibility index (Phi) is 5.67. The molecule has 1 saturated heterocycles. The number of carbonyl (C=O) groups excluding carboxylic acids is 1. The standard InChI is InChI=1S/C13H16N4O6S4/c1-26(20,21)16-5-6-17(9(8-16)12(18)15-19)27(22,23)11-3-2-10(25-11)13-14-4-7-24-13/h2-4,7,9,19H,5-6,8H2,1H3,(H,15,18)/t9-/m1/s1. The van der Waals surface area contributed by atoms with Crippen molar-refractivity contribution in [2.75, 3.05) is 25.9 Å². The third-order valence-corrected chi connectivity index (χ3v) is 9.64. The van der Waals surface area contributed by atoms with Crippen molar-refractivity contribution in [2.24, 2.45) is 0 Å². The molecule has 0 aromatic carbocycles. The number of aromatic nitrogens is 1. The highest BCUT2D eigenvalue weighted by molar-refractivity contribution is 7.91. The molecule has 1 aliphatic rings. The van der Waals surface area contributed by atoms with Gasteiger partial charge in [-0.3, -0.25) is 10.0 Å². The van der Waals surface area contributed by atoms with E-state index in [1.807, 2.05) is 0 Å². The monoisotopic (exact) mass is 452 g/mol. The van der Waals surface area contributed by atoms with Gasteiger partial charge in [0.05, 0.1) is 11.1 Å². The second-order valence-corrected chi connectivity index (χ2v) is 11.8. The maximum Gasteiger partial charge on any atom is 0.263 e. The van der Waals surface area contributed by atoms with Crippen LogP contribution in [-0.4, -0.2) is 73.5 Å². The smallest absolute Gasteiger partial charge is 0.263 e. The van der Waals surface area contributed by atoms with Crippen LogP contribution >= 0.6 is 22.7 Å². The summed E-state index contributed by atoms with van der Waals surface area (Å²) in [6.45, 7) is -0.675. The number of hydroxylamine groups is 1. The lowest BCUT2D eigenvalue weighted by Gasteiger charge is -2.37. The third-order valence-electron chi connectivity index (χ3n) is 3.96. The molecule has 27 heavy (non-hydrogen) atoms. The first-order valence-corrected chi connectivity index (χ1v) is 12.5. The number of amides is 1. The molecule has 1 atom stereocenters. The first-order chi connectivity index (χ1) is 12.6. The molecule has 0 radical (unpaired) electrons. The van der Waals surface area contributed by atoms with E-state index in [0.717, 1.165) is 26.2 Å². The van der Waals surface area contributed by atoms with E-state index >= 15 is 0 Å². The Morgan fingerprint density at radius 1 is 1.30 bits per heavy atom. The van der Waals surface area contributed by atoms with Crippen LogP contribution in [-0.2, 0) is 24.8 Å². The molecule has 1 amide bonds. The van der Waals surface area contributed by atoms with Gasteiger partial charge in [-0.1, -0.05) is 0 Å². The SMILES string of the molecule is CS(=O)(=O)N1CCN(S(=O)(=O)c2ccc(-c3nccs3)s2)[C@@H](C(=O)NO)C1. The molecular formula is C13H16N4O6S4. The van der Waals surface area contributed by atoms with Gasteiger partial charge in [0.1, 0.15) is 15.3 Å². The largest absolute Gasteiger partial charge is 0.289 e. The van der Waals surface area contributed by atoms with Crippen molar-refractivity contribution in [2.45, 2.75) is 10.3 Å². The molecule has 2 aromatic heterocycles. The lowest BCUT2D eigenvalue weighted by molar-refractivity contribution is -0.134. The Morgan fingerprint density at radius 2 is 2.04 bits per heavy atom. The van der Waals surface area contributed by atoms with Gasteiger partial charge in [0, 0.05) is 31.2 Å². The number of rotatable bonds is 5. The van der Waals surface area contributed by atoms with Crippen LogP contribution in [0.1, 0.15) is 0 Å². The summed E-state index contributed by atoms with van der Waals surface area (Å²) in [4.78, 5) is 16.8. The molecule has 2 N–H and O–H groups in total. The van der Waals surface area contributed by atoms with Gasteiger partial charge >= 0.3 is 0 Å². The van der Waals surface area contributed by atoms with Gasteiger partial charge in [0.2, 0.25) is 10.0 Å². The summed E-state index contributed by atoms with van der Waals surface area (Å²) in [7, 11) is -7.68. The maximum absolute atomic E-state index is 13.0. The van der Waals surface area contributed by atoms with E-state index in [-0.39, 0.29) is 23.8 Å². The van der Waals surface area contributed by atoms with Crippen LogP contribution in [0.4, 0.5) is 0 Å². The molecule has 0 saturated carbocycles. The number of piperazine rings is 1. The normalized spacial score (nSPS) is 19.9. The highest BCUT2D eigenvalue weighted by Gasteiger charge is 2.42. The van der Waals surface area contributed by atoms with Crippen LogP contribution < -0.4 is 5.48 Å². The first kappa shape index (κ1) is 20.3. The van der Waals surface area contributed by atoms with E-state index in [2.05, 4.69) is 4.98 Å². The van der Waals surface area contributed by atoms with Crippen molar-refractivity contribution in [3.63, 3.8) is 0 Å². The Bertz CT molecular complexity index is 1030. The molecule has 1 aliphatic heterocycles. The molecule has 148 valence electrons. The minimum absolute atomic E-state index is 0.0104. The van der Waals surface area contributed by atoms with E-state index in [4.69, 9.17) is 5.21 Å². The fourth-order valence-corrected chi connectivity index (χ4v) is 7.20. The average Bonchev–Trinajstić information content (AvgIpc) is 3.30. The van der Waals surface area contributed by atoms with Gasteiger partial charge in [-0.25, -0.2) is 27.3 Å². The average molecular weight is 453 g/mol. The van der Waals surface area contributed by atoms with E-state index in [9.17, 15) is 21.6 Å². The van der Waals surface area contributed by atoms with Crippen molar-refractivity contribution in [3.05, 3.63) is 23.7 Å². The predicted octanol–water partition coefficient (Wildman–Crippen LogP) is 0.0115. The molecule has 10 nitrogen and oxygen atoms in total. The summed E-state index contributed by atoms with van der Waals surface area (Å²) in [5.41, 5.74) is 1.42. The van der Waals surface area contributed by atoms with Crippen molar-refractivity contribution < 1.29 is 26.8 Å². The summed E-state index contributed by atoms with van der Waals surface area (Å²) in [6, 6.07) is 1.67. The zero-order valence-corrected chi connectivity index (χ0v) is 17.2. The quantitative estimate of drug-likeness (QED) is 0.482. The molecule has 0 unspecified atom stereocenters. The fourth-order valence-electron chi connectivity index (χ4n) is 2.65. The number of nitrogens with zero attached hydrogens (tertiary/aromatic N) is 3. The van der Waals surface area contributed by atoms with E-state index in [0.29, 0.717) is 9.88 Å². The highest BCUT2D eigenvalue weighted by atomic mass is 32.2. The van der Waals surface area contributed by atoms with Crippen molar-refractivity contribution in [1.82, 2.24) is 19.1 Å². The third kappa shape index (κ3) is 4.06. The summed E-state index contributed by atoms with van der Waals surface area (Å²) < 4.78 is 51.6. The second-order valence-electron chi connectivity index (χ2n) is 5.68. The van der Waals surface area contributed by atoms with Crippen LogP contribution in [0.3, 0.4) is 0 Å². The second kappa shape index (κ2) is 7.54. The topological polar surface area (TPSA) is 137 Å². The molecular weight excluding hydrogens is 436 g/mol. The highest BCUT2D eigenvalue weighted by Crippen LogP contribution is 2.34. The van der Waals surface area contributed by atoms with E-state index in [1.165, 1.54) is 22.9 Å². The summed E-state index contributed by atoms with van der Waals surface area (Å²) in [6.07, 6.45) is 2.59. The number of hydrogen-bond acceptors (Lipinski definition) is 9. The number of nitrogens with one attached hydrogen (secondary N) is 1. The van der Waals surface area contributed by atoms with Crippen molar-refractivity contribution >= 4 is 48.6 Å². The summed E-state index contributed by atoms with van der Waals surface area (Å²) in [5, 5.41) is 11.4. The number of thiazole rings is 1. The van der Waals surface area contributed by atoms with Crippen LogP contribution in [0.25, 0.3) is 9.88 Å². The predicted molar refractivity (Wildman–Crippen MR) is 99.5 cm³/mol. The zero-order chi connectivity index (χ0) is 19.8. The lowest BCUT2D eigenvalue weighted by atomic mass is 10.2. The number of sulfonamides is 2. The fraction of sp³-hybridized carbons (Fsp3) is 0.385. The van der Waals surface area contributed by atoms with Gasteiger partial charge in [-0.05, 0) is 12.1 Å². The lowest BCUT2D eigenvalue weighted by Crippen LogP contribution is -2.60. The Balaban J connectivity index is 1.93. The molecule has 3 heterocycles. The van der Waals surface area contributed by atoms with Crippen molar-refractivity contribution in [1.29, 1.82) is 0 Å². The van der Waals surface area contributed by atoms with Crippen LogP contribution in [0.2, 0.25) is 0 Å². The van der Waals surface area contributed by atoms with Crippen LogP contribution in [0, 0.1) is 0 Å². The Morgan fingerprint density at radius 3 is 2.63 bits per heavy atom. The van der Waals surface area contributed by atoms with E-state index < -0.39 is 32.0 Å². The van der Waals surface area contributed by atoms with Gasteiger partial charge in [-0.15, -0.1) is 22.7 Å². The summed E-state index contributed by atoms with van der Waals surface area (Å²) >= 11 is 2.38. The van der Waals surface area contributed by atoms with E-state index in [1.54, 1.807) is 17.6 Å². The van der Waals surface area contributed by atoms with Gasteiger partial charge < -0.3 is 0 Å². The minimum Gasteiger partial charge on any atom is -0.289 e. The number of carbonyl (C=O) groups is 1. The van der Waals surface area contributed by atoms with Gasteiger partial charge in [0.15, 0.2) is 0 Å². The maximum atomic E-state index is 13.0. The molecule has 3 rings (SSSR count). The Labute approximate surface area is 164 Å². The Hall–Kier alpha value is -1.42. The first-order valence-electron chi connectivity index (χ1n) is 7.55. The van der Waals surface area contributed by atoms with Crippen LogP contribution in [0.5, 0.6) is 0 Å². The molecule has 1 fully saturated rings. The molecule has 14 heteroatoms. The minimum atomic E-state index is -4.07. The number of thiophene rings is 1. The molecule has 0 bridgehead atoms. The molecule has 0 spiro atoms. The molecule has 2 aromatic rings. The van der Waals surface area contributed by atoms with Gasteiger partial charge in [0.25, 0.3) is 15.9 Å². The number of hydrogen-bond donors (Lipinski definition) is 2. The van der Waals surface area contributed by atoms with Gasteiger partial charge in [-0.2, -0.15) is 8.61 Å². The summed E-state index contributed by atoms with van der Waals surface area (Å²) in [5.74, 6) is -0.997. The van der Waals surface area contributed by atoms with Crippen molar-refractivity contribution in [3.8, 4) is 9.88 Å². The van der Waals surface area contributed by atoms with Crippen LogP contribution in [0.15, 0.2) is 27.9 Å².